The fourth-order valence-corrected chi connectivity index (χ4v) is 10.5. The predicted molar refractivity (Wildman–Crippen MR) is 283 cm³/mol. The minimum Gasteiger partial charge on any atom is -0.455 e. The molecule has 0 saturated carbocycles. The van der Waals surface area contributed by atoms with E-state index in [-0.39, 0.29) is 0 Å². The van der Waals surface area contributed by atoms with E-state index in [1.807, 2.05) is 42.5 Å². The largest absolute Gasteiger partial charge is 0.455 e. The number of nitrogens with zero attached hydrogens (tertiary/aromatic N) is 5. The second-order valence-electron chi connectivity index (χ2n) is 17.5. The molecule has 0 radical (unpaired) electrons. The van der Waals surface area contributed by atoms with Crippen LogP contribution in [0.2, 0.25) is 0 Å². The Morgan fingerprint density at radius 3 is 1.52 bits per heavy atom. The minimum atomic E-state index is 0.530. The van der Waals surface area contributed by atoms with Gasteiger partial charge in [-0.05, 0) is 65.2 Å². The fourth-order valence-electron chi connectivity index (χ4n) is 10.5. The second-order valence-corrected chi connectivity index (χ2v) is 17.5. The molecule has 14 rings (SSSR count). The summed E-state index contributed by atoms with van der Waals surface area (Å²) in [5, 5.41) is 6.73. The lowest BCUT2D eigenvalue weighted by Crippen LogP contribution is -2.01. The SMILES string of the molecule is c1ccc(-c2ccc(-c3nc(-c4ccccc4)nc(-c4ccc(-n5c6ccccc6c6c5c(-c5ccccc5)cc5c7ccccc7n(-c7ccccc7)c56)c5c4oc4ccccc45)n3)cc2)cc1. The van der Waals surface area contributed by atoms with E-state index in [1.54, 1.807) is 0 Å². The normalized spacial score (nSPS) is 11.8. The highest BCUT2D eigenvalue weighted by molar-refractivity contribution is 6.30. The van der Waals surface area contributed by atoms with E-state index < -0.39 is 0 Å². The highest BCUT2D eigenvalue weighted by Gasteiger charge is 2.27. The van der Waals surface area contributed by atoms with Gasteiger partial charge in [-0.3, -0.25) is 0 Å². The molecule has 0 bridgehead atoms. The molecule has 14 aromatic rings. The van der Waals surface area contributed by atoms with E-state index in [4.69, 9.17) is 19.4 Å². The molecule has 0 aliphatic carbocycles. The molecule has 0 N–H and O–H groups in total. The van der Waals surface area contributed by atoms with Crippen molar-refractivity contribution in [3.63, 3.8) is 0 Å². The summed E-state index contributed by atoms with van der Waals surface area (Å²) in [5.74, 6) is 1.70. The van der Waals surface area contributed by atoms with Crippen LogP contribution in [0.15, 0.2) is 241 Å². The molecule has 4 heterocycles. The average Bonchev–Trinajstić information content (AvgIpc) is 4.10. The molecule has 0 amide bonds. The van der Waals surface area contributed by atoms with Gasteiger partial charge in [-0.1, -0.05) is 188 Å². The van der Waals surface area contributed by atoms with Crippen molar-refractivity contribution in [1.82, 2.24) is 24.1 Å². The zero-order valence-corrected chi connectivity index (χ0v) is 37.2. The van der Waals surface area contributed by atoms with Crippen LogP contribution in [0.5, 0.6) is 0 Å². The Hall–Kier alpha value is -9.39. The number of aromatic nitrogens is 5. The maximum absolute atomic E-state index is 7.04. The van der Waals surface area contributed by atoms with Crippen LogP contribution >= 0.6 is 0 Å². The van der Waals surface area contributed by atoms with E-state index in [0.29, 0.717) is 23.1 Å². The van der Waals surface area contributed by atoms with E-state index in [9.17, 15) is 0 Å². The summed E-state index contributed by atoms with van der Waals surface area (Å²) >= 11 is 0. The van der Waals surface area contributed by atoms with Gasteiger partial charge >= 0.3 is 0 Å². The molecule has 0 aliphatic rings. The van der Waals surface area contributed by atoms with E-state index in [2.05, 4.69) is 203 Å². The summed E-state index contributed by atoms with van der Waals surface area (Å²) in [6.07, 6.45) is 0. The minimum absolute atomic E-state index is 0.530. The van der Waals surface area contributed by atoms with Gasteiger partial charge in [0.15, 0.2) is 17.5 Å². The summed E-state index contributed by atoms with van der Waals surface area (Å²) in [4.78, 5) is 15.6. The van der Waals surface area contributed by atoms with E-state index in [1.165, 1.54) is 21.7 Å². The molecule has 4 aromatic heterocycles. The predicted octanol–water partition coefficient (Wildman–Crippen LogP) is 16.3. The van der Waals surface area contributed by atoms with E-state index in [0.717, 1.165) is 88.6 Å². The van der Waals surface area contributed by atoms with Crippen LogP contribution in [-0.2, 0) is 0 Å². The Kier molecular flexibility index (Phi) is 8.79. The van der Waals surface area contributed by atoms with Crippen molar-refractivity contribution in [1.29, 1.82) is 0 Å². The quantitative estimate of drug-likeness (QED) is 0.160. The molecule has 322 valence electrons. The number of benzene rings is 10. The van der Waals surface area contributed by atoms with Gasteiger partial charge < -0.3 is 13.6 Å². The lowest BCUT2D eigenvalue weighted by Gasteiger charge is -2.16. The number of rotatable bonds is 7. The molecule has 0 unspecified atom stereocenters. The first kappa shape index (κ1) is 38.8. The van der Waals surface area contributed by atoms with Crippen LogP contribution in [0.3, 0.4) is 0 Å². The van der Waals surface area contributed by atoms with Gasteiger partial charge in [0.25, 0.3) is 0 Å². The summed E-state index contributed by atoms with van der Waals surface area (Å²) in [6, 6.07) is 83.3. The molecule has 0 saturated heterocycles. The standard InChI is InChI=1S/C63H39N5O/c1-5-19-40(20-6-1)41-33-35-44(36-34-41)62-64-61(43-23-9-3-10-24-43)65-63(66-62)49-37-38-54(56-48-29-15-18-32-55(48)69-60(49)56)68-53-31-17-14-28-47(53)57-58(68)50(42-21-7-2-8-22-42)39-51-46-27-13-16-30-52(46)67(59(51)57)45-25-11-4-12-26-45/h1-39H. The third-order valence-corrected chi connectivity index (χ3v) is 13.6. The Morgan fingerprint density at radius 1 is 0.319 bits per heavy atom. The summed E-state index contributed by atoms with van der Waals surface area (Å²) in [7, 11) is 0. The van der Waals surface area contributed by atoms with Crippen LogP contribution in [0.1, 0.15) is 0 Å². The Balaban J connectivity index is 1.08. The average molecular weight is 882 g/mol. The van der Waals surface area contributed by atoms with Gasteiger partial charge in [-0.15, -0.1) is 0 Å². The number of hydrogen-bond donors (Lipinski definition) is 0. The molecule has 69 heavy (non-hydrogen) atoms. The van der Waals surface area contributed by atoms with Gasteiger partial charge in [0.1, 0.15) is 11.2 Å². The Labute approximate surface area is 396 Å². The Morgan fingerprint density at radius 2 is 0.826 bits per heavy atom. The number of furan rings is 1. The molecule has 6 nitrogen and oxygen atoms in total. The maximum atomic E-state index is 7.04. The lowest BCUT2D eigenvalue weighted by molar-refractivity contribution is 0.669. The molecule has 0 fully saturated rings. The van der Waals surface area contributed by atoms with Crippen molar-refractivity contribution in [3.8, 4) is 67.8 Å². The van der Waals surface area contributed by atoms with Crippen LogP contribution in [0, 0.1) is 0 Å². The first-order chi connectivity index (χ1) is 34.2. The molecule has 10 aromatic carbocycles. The summed E-state index contributed by atoms with van der Waals surface area (Å²) in [5.41, 5.74) is 15.3. The second kappa shape index (κ2) is 15.6. The van der Waals surface area contributed by atoms with Gasteiger partial charge in [-0.2, -0.15) is 0 Å². The van der Waals surface area contributed by atoms with Crippen molar-refractivity contribution in [2.24, 2.45) is 0 Å². The molecular weight excluding hydrogens is 843 g/mol. The summed E-state index contributed by atoms with van der Waals surface area (Å²) < 4.78 is 12.0. The van der Waals surface area contributed by atoms with Crippen molar-refractivity contribution in [3.05, 3.63) is 237 Å². The highest BCUT2D eigenvalue weighted by Crippen LogP contribution is 2.48. The number of para-hydroxylation sites is 4. The van der Waals surface area contributed by atoms with Gasteiger partial charge in [0, 0.05) is 49.3 Å². The molecule has 0 aliphatic heterocycles. The third kappa shape index (κ3) is 6.16. The molecular formula is C63H39N5O. The topological polar surface area (TPSA) is 61.7 Å². The van der Waals surface area contributed by atoms with Gasteiger partial charge in [-0.25, -0.2) is 15.0 Å². The van der Waals surface area contributed by atoms with Crippen molar-refractivity contribution >= 4 is 65.6 Å². The van der Waals surface area contributed by atoms with Crippen molar-refractivity contribution < 1.29 is 4.42 Å². The maximum Gasteiger partial charge on any atom is 0.167 e. The third-order valence-electron chi connectivity index (χ3n) is 13.6. The Bertz CT molecular complexity index is 4270. The van der Waals surface area contributed by atoms with Gasteiger partial charge in [0.2, 0.25) is 0 Å². The fraction of sp³-hybridized carbons (Fsp3) is 0. The summed E-state index contributed by atoms with van der Waals surface area (Å²) in [6.45, 7) is 0. The first-order valence-corrected chi connectivity index (χ1v) is 23.3. The van der Waals surface area contributed by atoms with Crippen LogP contribution in [-0.4, -0.2) is 24.1 Å². The number of hydrogen-bond acceptors (Lipinski definition) is 4. The van der Waals surface area contributed by atoms with Crippen molar-refractivity contribution in [2.45, 2.75) is 0 Å². The smallest absolute Gasteiger partial charge is 0.167 e. The zero-order valence-electron chi connectivity index (χ0n) is 37.2. The molecule has 0 atom stereocenters. The van der Waals surface area contributed by atoms with E-state index >= 15 is 0 Å². The monoisotopic (exact) mass is 881 g/mol. The molecule has 0 spiro atoms. The van der Waals surface area contributed by atoms with Crippen molar-refractivity contribution in [2.75, 3.05) is 0 Å². The first-order valence-electron chi connectivity index (χ1n) is 23.3. The lowest BCUT2D eigenvalue weighted by atomic mass is 9.98. The highest BCUT2D eigenvalue weighted by atomic mass is 16.3. The molecule has 6 heteroatoms. The van der Waals surface area contributed by atoms with Crippen LogP contribution < -0.4 is 0 Å². The number of fused-ring (bicyclic) bond motifs is 10. The van der Waals surface area contributed by atoms with Crippen LogP contribution in [0.4, 0.5) is 0 Å². The zero-order chi connectivity index (χ0) is 45.4. The van der Waals surface area contributed by atoms with Crippen LogP contribution in [0.25, 0.3) is 133 Å². The van der Waals surface area contributed by atoms with Gasteiger partial charge in [0.05, 0.1) is 38.7 Å².